The number of nitrogens with one attached hydrogen (secondary N) is 1. The van der Waals surface area contributed by atoms with Crippen LogP contribution >= 0.6 is 0 Å². The molecule has 1 amide bonds. The zero-order valence-corrected chi connectivity index (χ0v) is 9.55. The highest BCUT2D eigenvalue weighted by molar-refractivity contribution is 5.83. The summed E-state index contributed by atoms with van der Waals surface area (Å²) in [6.07, 6.45) is 3.56. The van der Waals surface area contributed by atoms with Crippen molar-refractivity contribution in [2.75, 3.05) is 13.2 Å². The lowest BCUT2D eigenvalue weighted by molar-refractivity contribution is -0.129. The van der Waals surface area contributed by atoms with Crippen molar-refractivity contribution in [3.8, 4) is 0 Å². The van der Waals surface area contributed by atoms with Gasteiger partial charge in [0.25, 0.3) is 0 Å². The normalized spacial score (nSPS) is 22.4. The van der Waals surface area contributed by atoms with E-state index in [4.69, 9.17) is 0 Å². The van der Waals surface area contributed by atoms with Crippen LogP contribution in [0.2, 0.25) is 0 Å². The Labute approximate surface area is 86.9 Å². The maximum absolute atomic E-state index is 11.8. The third-order valence-corrected chi connectivity index (χ3v) is 2.78. The van der Waals surface area contributed by atoms with Gasteiger partial charge in [0.1, 0.15) is 0 Å². The second-order valence-electron chi connectivity index (χ2n) is 4.39. The minimum atomic E-state index is 0.0524. The van der Waals surface area contributed by atoms with Crippen molar-refractivity contribution >= 4 is 5.91 Å². The molecule has 1 N–H and O–H groups in total. The van der Waals surface area contributed by atoms with Crippen molar-refractivity contribution < 1.29 is 4.79 Å². The molecule has 0 aromatic carbocycles. The van der Waals surface area contributed by atoms with Gasteiger partial charge in [0.05, 0.1) is 12.7 Å². The third-order valence-electron chi connectivity index (χ3n) is 2.78. The standard InChI is InChI=1S/C11H22N2O/c1-4-5-6-7-13-8-12-10(9(2)3)11(13)14/h9-10,12H,4-8H2,1-3H3. The molecule has 1 heterocycles. The average molecular weight is 198 g/mol. The Hall–Kier alpha value is -0.570. The first-order valence-corrected chi connectivity index (χ1v) is 5.69. The van der Waals surface area contributed by atoms with Crippen molar-refractivity contribution in [1.29, 1.82) is 0 Å². The lowest BCUT2D eigenvalue weighted by Gasteiger charge is -2.16. The van der Waals surface area contributed by atoms with E-state index in [9.17, 15) is 4.79 Å². The smallest absolute Gasteiger partial charge is 0.241 e. The van der Waals surface area contributed by atoms with Crippen LogP contribution < -0.4 is 5.32 Å². The number of carbonyl (C=O) groups is 1. The first kappa shape index (κ1) is 11.5. The van der Waals surface area contributed by atoms with Crippen LogP contribution in [-0.2, 0) is 4.79 Å². The van der Waals surface area contributed by atoms with Crippen LogP contribution in [0.25, 0.3) is 0 Å². The average Bonchev–Trinajstić information content (AvgIpc) is 2.48. The molecule has 0 spiro atoms. The number of hydrogen-bond acceptors (Lipinski definition) is 2. The van der Waals surface area contributed by atoms with Gasteiger partial charge in [-0.15, -0.1) is 0 Å². The van der Waals surface area contributed by atoms with Gasteiger partial charge in [-0.3, -0.25) is 10.1 Å². The molecular weight excluding hydrogens is 176 g/mol. The van der Waals surface area contributed by atoms with Crippen LogP contribution in [0.1, 0.15) is 40.0 Å². The molecule has 1 aliphatic rings. The quantitative estimate of drug-likeness (QED) is 0.680. The number of carbonyl (C=O) groups excluding carboxylic acids is 1. The van der Waals surface area contributed by atoms with Gasteiger partial charge in [0, 0.05) is 6.54 Å². The number of nitrogens with zero attached hydrogens (tertiary/aromatic N) is 1. The van der Waals surface area contributed by atoms with E-state index in [-0.39, 0.29) is 11.9 Å². The number of amides is 1. The van der Waals surface area contributed by atoms with E-state index in [1.54, 1.807) is 0 Å². The van der Waals surface area contributed by atoms with E-state index >= 15 is 0 Å². The molecule has 0 aliphatic carbocycles. The van der Waals surface area contributed by atoms with Crippen LogP contribution in [0.5, 0.6) is 0 Å². The molecule has 3 heteroatoms. The van der Waals surface area contributed by atoms with Gasteiger partial charge in [-0.2, -0.15) is 0 Å². The fourth-order valence-corrected chi connectivity index (χ4v) is 1.83. The van der Waals surface area contributed by atoms with Gasteiger partial charge in [0.2, 0.25) is 5.91 Å². The van der Waals surface area contributed by atoms with Gasteiger partial charge in [-0.1, -0.05) is 33.6 Å². The minimum Gasteiger partial charge on any atom is -0.329 e. The molecule has 1 atom stereocenters. The van der Waals surface area contributed by atoms with E-state index in [2.05, 4.69) is 26.1 Å². The Morgan fingerprint density at radius 1 is 1.50 bits per heavy atom. The molecule has 0 aromatic rings. The van der Waals surface area contributed by atoms with Gasteiger partial charge in [-0.05, 0) is 12.3 Å². The predicted octanol–water partition coefficient (Wildman–Crippen LogP) is 1.59. The first-order valence-electron chi connectivity index (χ1n) is 5.69. The summed E-state index contributed by atoms with van der Waals surface area (Å²) < 4.78 is 0. The number of hydrogen-bond donors (Lipinski definition) is 1. The molecule has 82 valence electrons. The van der Waals surface area contributed by atoms with Crippen molar-refractivity contribution in [3.05, 3.63) is 0 Å². The van der Waals surface area contributed by atoms with Crippen molar-refractivity contribution in [1.82, 2.24) is 10.2 Å². The van der Waals surface area contributed by atoms with Crippen molar-refractivity contribution in [2.24, 2.45) is 5.92 Å². The molecule has 0 saturated carbocycles. The number of unbranched alkanes of at least 4 members (excludes halogenated alkanes) is 2. The summed E-state index contributed by atoms with van der Waals surface area (Å²) >= 11 is 0. The highest BCUT2D eigenvalue weighted by Gasteiger charge is 2.32. The van der Waals surface area contributed by atoms with Gasteiger partial charge >= 0.3 is 0 Å². The Balaban J connectivity index is 2.32. The second-order valence-corrected chi connectivity index (χ2v) is 4.39. The maximum atomic E-state index is 11.8. The molecule has 0 bridgehead atoms. The van der Waals surface area contributed by atoms with Crippen LogP contribution in [0.15, 0.2) is 0 Å². The maximum Gasteiger partial charge on any atom is 0.241 e. The Kier molecular flexibility index (Phi) is 4.39. The summed E-state index contributed by atoms with van der Waals surface area (Å²) in [4.78, 5) is 13.7. The SMILES string of the molecule is CCCCCN1CNC(C(C)C)C1=O. The summed E-state index contributed by atoms with van der Waals surface area (Å²) in [5.41, 5.74) is 0. The van der Waals surface area contributed by atoms with E-state index in [1.165, 1.54) is 12.8 Å². The fourth-order valence-electron chi connectivity index (χ4n) is 1.83. The summed E-state index contributed by atoms with van der Waals surface area (Å²) in [7, 11) is 0. The highest BCUT2D eigenvalue weighted by atomic mass is 16.2. The van der Waals surface area contributed by atoms with Crippen LogP contribution in [0.3, 0.4) is 0 Å². The molecule has 1 rings (SSSR count). The second kappa shape index (κ2) is 5.35. The van der Waals surface area contributed by atoms with E-state index < -0.39 is 0 Å². The first-order chi connectivity index (χ1) is 6.66. The lowest BCUT2D eigenvalue weighted by Crippen LogP contribution is -2.34. The van der Waals surface area contributed by atoms with Gasteiger partial charge < -0.3 is 4.90 Å². The molecule has 14 heavy (non-hydrogen) atoms. The topological polar surface area (TPSA) is 32.3 Å². The summed E-state index contributed by atoms with van der Waals surface area (Å²) in [6.45, 7) is 8.02. The minimum absolute atomic E-state index is 0.0524. The Morgan fingerprint density at radius 3 is 2.71 bits per heavy atom. The zero-order valence-electron chi connectivity index (χ0n) is 9.55. The largest absolute Gasteiger partial charge is 0.329 e. The Bertz CT molecular complexity index is 192. The molecule has 1 saturated heterocycles. The third kappa shape index (κ3) is 2.71. The lowest BCUT2D eigenvalue weighted by atomic mass is 10.1. The highest BCUT2D eigenvalue weighted by Crippen LogP contribution is 2.12. The molecular formula is C11H22N2O. The molecule has 0 radical (unpaired) electrons. The fraction of sp³-hybridized carbons (Fsp3) is 0.909. The van der Waals surface area contributed by atoms with Gasteiger partial charge in [0.15, 0.2) is 0 Å². The predicted molar refractivity (Wildman–Crippen MR) is 57.9 cm³/mol. The summed E-state index contributed by atoms with van der Waals surface area (Å²) in [6, 6.07) is 0.0524. The molecule has 1 unspecified atom stereocenters. The van der Waals surface area contributed by atoms with Crippen LogP contribution in [0, 0.1) is 5.92 Å². The van der Waals surface area contributed by atoms with Gasteiger partial charge in [-0.25, -0.2) is 0 Å². The Morgan fingerprint density at radius 2 is 2.21 bits per heavy atom. The van der Waals surface area contributed by atoms with Crippen LogP contribution in [0.4, 0.5) is 0 Å². The number of rotatable bonds is 5. The molecule has 1 aliphatic heterocycles. The van der Waals surface area contributed by atoms with E-state index in [0.29, 0.717) is 5.92 Å². The molecule has 0 aromatic heterocycles. The van der Waals surface area contributed by atoms with E-state index in [0.717, 1.165) is 19.6 Å². The molecule has 3 nitrogen and oxygen atoms in total. The van der Waals surface area contributed by atoms with E-state index in [1.807, 2.05) is 4.90 Å². The van der Waals surface area contributed by atoms with Crippen molar-refractivity contribution in [3.63, 3.8) is 0 Å². The molecule has 1 fully saturated rings. The summed E-state index contributed by atoms with van der Waals surface area (Å²) in [5, 5.41) is 3.26. The monoisotopic (exact) mass is 198 g/mol. The van der Waals surface area contributed by atoms with Crippen molar-refractivity contribution in [2.45, 2.75) is 46.1 Å². The van der Waals surface area contributed by atoms with Crippen LogP contribution in [-0.4, -0.2) is 30.1 Å². The summed E-state index contributed by atoms with van der Waals surface area (Å²) in [5.74, 6) is 0.690. The zero-order chi connectivity index (χ0) is 10.6.